The van der Waals surface area contributed by atoms with Gasteiger partial charge in [0, 0.05) is 0 Å². The second kappa shape index (κ2) is 2.74. The van der Waals surface area contributed by atoms with Crippen molar-refractivity contribution in [3.05, 3.63) is 12.2 Å². The van der Waals surface area contributed by atoms with Gasteiger partial charge in [-0.2, -0.15) is 0 Å². The minimum Gasteiger partial charge on any atom is -0.412 e. The van der Waals surface area contributed by atoms with Gasteiger partial charge in [0.25, 0.3) is 0 Å². The summed E-state index contributed by atoms with van der Waals surface area (Å²) in [5.41, 5.74) is 6.90. The Morgan fingerprint density at radius 2 is 2.17 bits per heavy atom. The molecule has 6 nitrogen and oxygen atoms in total. The van der Waals surface area contributed by atoms with Gasteiger partial charge in [-0.15, -0.1) is 0 Å². The summed E-state index contributed by atoms with van der Waals surface area (Å²) in [6.45, 7) is 1.78. The number of nitrogens with two attached hydrogens (primary N) is 1. The number of aromatic nitrogens is 4. The van der Waals surface area contributed by atoms with Gasteiger partial charge in [-0.3, -0.25) is 0 Å². The molecule has 0 fully saturated rings. The number of hydrogen-bond acceptors (Lipinski definition) is 4. The summed E-state index contributed by atoms with van der Waals surface area (Å²) < 4.78 is 0. The van der Waals surface area contributed by atoms with Crippen molar-refractivity contribution in [2.45, 2.75) is 6.92 Å². The molecule has 0 bridgehead atoms. The van der Waals surface area contributed by atoms with E-state index in [4.69, 9.17) is 5.73 Å². The molecule has 0 spiro atoms. The van der Waals surface area contributed by atoms with Crippen LogP contribution in [0.15, 0.2) is 6.33 Å². The Morgan fingerprint density at radius 3 is 2.92 bits per heavy atom. The van der Waals surface area contributed by atoms with E-state index in [9.17, 15) is 0 Å². The van der Waals surface area contributed by atoms with Gasteiger partial charge in [-0.05, 0) is 6.92 Å². The molecule has 0 saturated carbocycles. The smallest absolute Gasteiger partial charge is 0.183 e. The molecule has 64 valence electrons. The summed E-state index contributed by atoms with van der Waals surface area (Å²) in [5.74, 6) is 1.09. The van der Waals surface area contributed by atoms with E-state index in [1.165, 1.54) is 0 Å². The molecule has 12 heavy (non-hydrogen) atoms. The van der Waals surface area contributed by atoms with Crippen molar-refractivity contribution in [2.75, 3.05) is 5.73 Å². The molecule has 6 heteroatoms. The number of aromatic amines is 1. The first-order chi connectivity index (χ1) is 5.27. The van der Waals surface area contributed by atoms with E-state index in [2.05, 4.69) is 19.9 Å². The van der Waals surface area contributed by atoms with Crippen molar-refractivity contribution in [3.63, 3.8) is 0 Å². The lowest BCUT2D eigenvalue weighted by Crippen LogP contribution is -1.96. The largest absolute Gasteiger partial charge is 0.412 e. The van der Waals surface area contributed by atoms with Crippen LogP contribution in [-0.4, -0.2) is 25.4 Å². The third-order valence-corrected chi connectivity index (χ3v) is 1.43. The van der Waals surface area contributed by atoms with Crippen LogP contribution in [0.3, 0.4) is 0 Å². The summed E-state index contributed by atoms with van der Waals surface area (Å²) in [5, 5.41) is 0. The first kappa shape index (κ1) is 8.41. The molecule has 2 rings (SSSR count). The first-order valence-electron chi connectivity index (χ1n) is 3.20. The molecule has 2 heterocycles. The zero-order valence-electron chi connectivity index (χ0n) is 6.50. The number of hydrogen-bond donors (Lipinski definition) is 2. The molecule has 0 unspecified atom stereocenters. The van der Waals surface area contributed by atoms with Gasteiger partial charge >= 0.3 is 0 Å². The van der Waals surface area contributed by atoms with Crippen molar-refractivity contribution >= 4 is 17.0 Å². The standard InChI is InChI=1S/C6H7N5.H2O/c1-3-10-5(7)4-6(11-3)9-2-8-4;/h2H,1H3,(H3,7,8,9,10,11);1H2. The van der Waals surface area contributed by atoms with Gasteiger partial charge in [0.1, 0.15) is 11.3 Å². The van der Waals surface area contributed by atoms with Crippen LogP contribution in [0, 0.1) is 6.92 Å². The fourth-order valence-corrected chi connectivity index (χ4v) is 0.969. The second-order valence-corrected chi connectivity index (χ2v) is 2.26. The summed E-state index contributed by atoms with van der Waals surface area (Å²) in [4.78, 5) is 14.8. The minimum absolute atomic E-state index is 0. The molecular formula is C6H9N5O. The highest BCUT2D eigenvalue weighted by Gasteiger charge is 2.02. The molecule has 0 radical (unpaired) electrons. The maximum Gasteiger partial charge on any atom is 0.183 e. The quantitative estimate of drug-likeness (QED) is 0.546. The van der Waals surface area contributed by atoms with E-state index in [-0.39, 0.29) is 5.48 Å². The SMILES string of the molecule is Cc1nc(N)c2[nH]cnc2n1.O. The first-order valence-corrected chi connectivity index (χ1v) is 3.20. The van der Waals surface area contributed by atoms with E-state index in [1.807, 2.05) is 0 Å². The lowest BCUT2D eigenvalue weighted by molar-refractivity contribution is 0.824. The van der Waals surface area contributed by atoms with Crippen LogP contribution in [0.5, 0.6) is 0 Å². The van der Waals surface area contributed by atoms with E-state index >= 15 is 0 Å². The maximum absolute atomic E-state index is 5.58. The molecule has 0 aromatic carbocycles. The molecule has 0 aliphatic carbocycles. The van der Waals surface area contributed by atoms with E-state index < -0.39 is 0 Å². The van der Waals surface area contributed by atoms with Gasteiger partial charge in [-0.1, -0.05) is 0 Å². The highest BCUT2D eigenvalue weighted by atomic mass is 16.0. The molecule has 0 aliphatic heterocycles. The average Bonchev–Trinajstić information content (AvgIpc) is 2.34. The van der Waals surface area contributed by atoms with Gasteiger partial charge in [0.15, 0.2) is 11.5 Å². The van der Waals surface area contributed by atoms with Crippen molar-refractivity contribution in [3.8, 4) is 0 Å². The van der Waals surface area contributed by atoms with Crippen LogP contribution < -0.4 is 5.73 Å². The number of H-pyrrole nitrogens is 1. The summed E-state index contributed by atoms with van der Waals surface area (Å²) in [6.07, 6.45) is 1.55. The Bertz CT molecular complexity index is 396. The average molecular weight is 167 g/mol. The second-order valence-electron chi connectivity index (χ2n) is 2.26. The van der Waals surface area contributed by atoms with Crippen molar-refractivity contribution < 1.29 is 5.48 Å². The Morgan fingerprint density at radius 1 is 1.42 bits per heavy atom. The van der Waals surface area contributed by atoms with Gasteiger partial charge in [-0.25, -0.2) is 15.0 Å². The molecule has 0 aliphatic rings. The highest BCUT2D eigenvalue weighted by molar-refractivity contribution is 5.80. The summed E-state index contributed by atoms with van der Waals surface area (Å²) in [6, 6.07) is 0. The molecule has 2 aromatic heterocycles. The van der Waals surface area contributed by atoms with E-state index in [0.29, 0.717) is 22.8 Å². The fraction of sp³-hybridized carbons (Fsp3) is 0.167. The minimum atomic E-state index is 0. The number of aryl methyl sites for hydroxylation is 1. The van der Waals surface area contributed by atoms with Gasteiger partial charge in [0.05, 0.1) is 6.33 Å². The number of nitrogens with one attached hydrogen (secondary N) is 1. The zero-order valence-corrected chi connectivity index (χ0v) is 6.50. The third kappa shape index (κ3) is 1.08. The fourth-order valence-electron chi connectivity index (χ4n) is 0.969. The number of rotatable bonds is 0. The normalized spacial score (nSPS) is 9.75. The number of nitrogen functional groups attached to an aromatic ring is 1. The van der Waals surface area contributed by atoms with Gasteiger partial charge < -0.3 is 16.2 Å². The Labute approximate surface area is 68.2 Å². The Balaban J connectivity index is 0.000000720. The topological polar surface area (TPSA) is 112 Å². The lowest BCUT2D eigenvalue weighted by atomic mass is 10.5. The molecule has 2 aromatic rings. The van der Waals surface area contributed by atoms with Crippen LogP contribution >= 0.6 is 0 Å². The van der Waals surface area contributed by atoms with Crippen molar-refractivity contribution in [2.24, 2.45) is 0 Å². The van der Waals surface area contributed by atoms with Crippen LogP contribution in [0.1, 0.15) is 5.82 Å². The summed E-state index contributed by atoms with van der Waals surface area (Å²) in [7, 11) is 0. The van der Waals surface area contributed by atoms with Crippen LogP contribution in [-0.2, 0) is 0 Å². The van der Waals surface area contributed by atoms with Crippen LogP contribution in [0.4, 0.5) is 5.82 Å². The molecule has 0 amide bonds. The predicted octanol–water partition coefficient (Wildman–Crippen LogP) is -0.581. The summed E-state index contributed by atoms with van der Waals surface area (Å²) >= 11 is 0. The molecule has 0 saturated heterocycles. The zero-order chi connectivity index (χ0) is 7.84. The number of nitrogens with zero attached hydrogens (tertiary/aromatic N) is 3. The van der Waals surface area contributed by atoms with E-state index in [0.717, 1.165) is 0 Å². The molecular weight excluding hydrogens is 158 g/mol. The number of fused-ring (bicyclic) bond motifs is 1. The Hall–Kier alpha value is -1.69. The highest BCUT2D eigenvalue weighted by Crippen LogP contribution is 2.11. The Kier molecular flexibility index (Phi) is 1.92. The van der Waals surface area contributed by atoms with Crippen LogP contribution in [0.25, 0.3) is 11.2 Å². The van der Waals surface area contributed by atoms with Crippen LogP contribution in [0.2, 0.25) is 0 Å². The van der Waals surface area contributed by atoms with E-state index in [1.54, 1.807) is 13.3 Å². The number of anilines is 1. The third-order valence-electron chi connectivity index (χ3n) is 1.43. The van der Waals surface area contributed by atoms with Gasteiger partial charge in [0.2, 0.25) is 0 Å². The molecule has 5 N–H and O–H groups in total. The number of imidazole rings is 1. The van der Waals surface area contributed by atoms with Crippen molar-refractivity contribution in [1.29, 1.82) is 0 Å². The maximum atomic E-state index is 5.58. The van der Waals surface area contributed by atoms with Crippen molar-refractivity contribution in [1.82, 2.24) is 19.9 Å². The monoisotopic (exact) mass is 167 g/mol. The lowest BCUT2D eigenvalue weighted by Gasteiger charge is -1.94. The predicted molar refractivity (Wildman–Crippen MR) is 44.4 cm³/mol. The molecule has 0 atom stereocenters.